The van der Waals surface area contributed by atoms with Crippen LogP contribution in [0.2, 0.25) is 0 Å². The fraction of sp³-hybridized carbons (Fsp3) is 0.375. The third-order valence-electron chi connectivity index (χ3n) is 4.27. The molecular formula is C16H17NO3S. The Morgan fingerprint density at radius 1 is 1.24 bits per heavy atom. The first-order chi connectivity index (χ1) is 10.0. The number of fused-ring (bicyclic) bond motifs is 1. The standard InChI is InChI=1S/C16H17NO3S/c1-10-11-6-2-3-7-12(11)21-13(10)14(18)17-16(15(19)20)8-4-5-9-16/h2-3,6-7H,4-5,8-9H2,1H3,(H,17,18)(H,19,20). The summed E-state index contributed by atoms with van der Waals surface area (Å²) >= 11 is 1.42. The van der Waals surface area contributed by atoms with E-state index in [1.807, 2.05) is 31.2 Å². The maximum Gasteiger partial charge on any atom is 0.329 e. The summed E-state index contributed by atoms with van der Waals surface area (Å²) < 4.78 is 1.05. The second kappa shape index (κ2) is 5.15. The van der Waals surface area contributed by atoms with E-state index in [4.69, 9.17) is 0 Å². The number of carbonyl (C=O) groups is 2. The van der Waals surface area contributed by atoms with Crippen molar-refractivity contribution < 1.29 is 14.7 Å². The van der Waals surface area contributed by atoms with E-state index in [2.05, 4.69) is 5.32 Å². The summed E-state index contributed by atoms with van der Waals surface area (Å²) in [7, 11) is 0. The average Bonchev–Trinajstić information content (AvgIpc) is 3.05. The van der Waals surface area contributed by atoms with E-state index in [1.54, 1.807) is 0 Å². The Bertz CT molecular complexity index is 713. The number of hydrogen-bond acceptors (Lipinski definition) is 3. The largest absolute Gasteiger partial charge is 0.480 e. The summed E-state index contributed by atoms with van der Waals surface area (Å²) in [5, 5.41) is 13.3. The number of carboxylic acid groups (broad SMARTS) is 1. The van der Waals surface area contributed by atoms with E-state index in [-0.39, 0.29) is 5.91 Å². The van der Waals surface area contributed by atoms with Gasteiger partial charge in [-0.25, -0.2) is 4.79 Å². The molecule has 110 valence electrons. The number of aliphatic carboxylic acids is 1. The van der Waals surface area contributed by atoms with Gasteiger partial charge in [0.1, 0.15) is 5.54 Å². The summed E-state index contributed by atoms with van der Waals surface area (Å²) in [6.07, 6.45) is 2.71. The normalized spacial score (nSPS) is 17.0. The van der Waals surface area contributed by atoms with Crippen molar-refractivity contribution in [2.45, 2.75) is 38.1 Å². The Balaban J connectivity index is 1.94. The van der Waals surface area contributed by atoms with E-state index in [0.717, 1.165) is 28.5 Å². The lowest BCUT2D eigenvalue weighted by atomic mass is 9.97. The number of thiophene rings is 1. The predicted molar refractivity (Wildman–Crippen MR) is 82.9 cm³/mol. The van der Waals surface area contributed by atoms with Crippen LogP contribution in [0.15, 0.2) is 24.3 Å². The lowest BCUT2D eigenvalue weighted by Gasteiger charge is -2.25. The van der Waals surface area contributed by atoms with Gasteiger partial charge >= 0.3 is 5.97 Å². The minimum Gasteiger partial charge on any atom is -0.480 e. The van der Waals surface area contributed by atoms with Crippen LogP contribution in [0, 0.1) is 6.92 Å². The summed E-state index contributed by atoms with van der Waals surface area (Å²) in [6.45, 7) is 1.91. The zero-order valence-corrected chi connectivity index (χ0v) is 12.6. The molecule has 1 heterocycles. The van der Waals surface area contributed by atoms with Gasteiger partial charge in [-0.05, 0) is 36.8 Å². The molecule has 1 fully saturated rings. The quantitative estimate of drug-likeness (QED) is 0.914. The molecule has 0 unspecified atom stereocenters. The maximum atomic E-state index is 12.5. The van der Waals surface area contributed by atoms with Crippen molar-refractivity contribution in [3.05, 3.63) is 34.7 Å². The summed E-state index contributed by atoms with van der Waals surface area (Å²) in [5.74, 6) is -1.19. The number of nitrogens with one attached hydrogen (secondary N) is 1. The van der Waals surface area contributed by atoms with Crippen molar-refractivity contribution in [1.82, 2.24) is 5.32 Å². The first-order valence-electron chi connectivity index (χ1n) is 7.07. The highest BCUT2D eigenvalue weighted by molar-refractivity contribution is 7.21. The fourth-order valence-electron chi connectivity index (χ4n) is 3.04. The van der Waals surface area contributed by atoms with E-state index in [9.17, 15) is 14.7 Å². The van der Waals surface area contributed by atoms with E-state index in [1.165, 1.54) is 11.3 Å². The number of amides is 1. The molecule has 1 amide bonds. The third kappa shape index (κ3) is 2.31. The van der Waals surface area contributed by atoms with Crippen LogP contribution in [0.3, 0.4) is 0 Å². The zero-order chi connectivity index (χ0) is 15.0. The highest BCUT2D eigenvalue weighted by Gasteiger charge is 2.43. The van der Waals surface area contributed by atoms with E-state index < -0.39 is 11.5 Å². The smallest absolute Gasteiger partial charge is 0.329 e. The Morgan fingerprint density at radius 2 is 1.90 bits per heavy atom. The molecule has 1 aromatic carbocycles. The predicted octanol–water partition coefficient (Wildman–Crippen LogP) is 3.34. The molecule has 4 nitrogen and oxygen atoms in total. The first kappa shape index (κ1) is 14.1. The number of rotatable bonds is 3. The van der Waals surface area contributed by atoms with E-state index in [0.29, 0.717) is 17.7 Å². The third-order valence-corrected chi connectivity index (χ3v) is 5.54. The molecule has 1 aromatic heterocycles. The number of carbonyl (C=O) groups excluding carboxylic acids is 1. The highest BCUT2D eigenvalue weighted by Crippen LogP contribution is 2.33. The van der Waals surface area contributed by atoms with Gasteiger partial charge in [0.15, 0.2) is 0 Å². The Labute approximate surface area is 126 Å². The summed E-state index contributed by atoms with van der Waals surface area (Å²) in [6, 6.07) is 7.85. The second-order valence-electron chi connectivity index (χ2n) is 5.60. The molecule has 1 aliphatic rings. The van der Waals surface area contributed by atoms with Crippen LogP contribution < -0.4 is 5.32 Å². The first-order valence-corrected chi connectivity index (χ1v) is 7.89. The van der Waals surface area contributed by atoms with Crippen LogP contribution in [0.25, 0.3) is 10.1 Å². The Morgan fingerprint density at radius 3 is 2.52 bits per heavy atom. The van der Waals surface area contributed by atoms with Crippen LogP contribution in [0.1, 0.15) is 40.9 Å². The molecule has 3 rings (SSSR count). The molecule has 2 N–H and O–H groups in total. The van der Waals surface area contributed by atoms with Gasteiger partial charge in [0.05, 0.1) is 4.88 Å². The molecule has 1 aliphatic carbocycles. The summed E-state index contributed by atoms with van der Waals surface area (Å²) in [5.41, 5.74) is -0.161. The van der Waals surface area contributed by atoms with Crippen LogP contribution >= 0.6 is 11.3 Å². The van der Waals surface area contributed by atoms with Crippen LogP contribution in [0.5, 0.6) is 0 Å². The molecule has 0 spiro atoms. The highest BCUT2D eigenvalue weighted by atomic mass is 32.1. The van der Waals surface area contributed by atoms with E-state index >= 15 is 0 Å². The van der Waals surface area contributed by atoms with Gasteiger partial charge in [0, 0.05) is 4.70 Å². The second-order valence-corrected chi connectivity index (χ2v) is 6.65. The van der Waals surface area contributed by atoms with Crippen molar-refractivity contribution in [3.63, 3.8) is 0 Å². The molecule has 21 heavy (non-hydrogen) atoms. The van der Waals surface area contributed by atoms with Gasteiger partial charge in [-0.15, -0.1) is 11.3 Å². The molecule has 2 aromatic rings. The number of aryl methyl sites for hydroxylation is 1. The number of carboxylic acids is 1. The maximum absolute atomic E-state index is 12.5. The lowest BCUT2D eigenvalue weighted by molar-refractivity contribution is -0.144. The van der Waals surface area contributed by atoms with Crippen molar-refractivity contribution in [3.8, 4) is 0 Å². The topological polar surface area (TPSA) is 66.4 Å². The minimum absolute atomic E-state index is 0.266. The molecule has 0 aliphatic heterocycles. The van der Waals surface area contributed by atoms with Gasteiger partial charge < -0.3 is 10.4 Å². The SMILES string of the molecule is Cc1c(C(=O)NC2(C(=O)O)CCCC2)sc2ccccc12. The molecule has 0 saturated heterocycles. The molecule has 0 atom stereocenters. The summed E-state index contributed by atoms with van der Waals surface area (Å²) in [4.78, 5) is 24.7. The van der Waals surface area contributed by atoms with Gasteiger partial charge in [0.25, 0.3) is 5.91 Å². The van der Waals surface area contributed by atoms with Gasteiger partial charge in [0.2, 0.25) is 0 Å². The van der Waals surface area contributed by atoms with Crippen LogP contribution in [-0.4, -0.2) is 22.5 Å². The van der Waals surface area contributed by atoms with Gasteiger partial charge in [-0.3, -0.25) is 4.79 Å². The number of benzene rings is 1. The van der Waals surface area contributed by atoms with Crippen molar-refractivity contribution in [2.75, 3.05) is 0 Å². The van der Waals surface area contributed by atoms with Crippen molar-refractivity contribution in [1.29, 1.82) is 0 Å². The fourth-order valence-corrected chi connectivity index (χ4v) is 4.14. The zero-order valence-electron chi connectivity index (χ0n) is 11.8. The van der Waals surface area contributed by atoms with Crippen LogP contribution in [0.4, 0.5) is 0 Å². The molecule has 5 heteroatoms. The monoisotopic (exact) mass is 303 g/mol. The Kier molecular flexibility index (Phi) is 3.45. The lowest BCUT2D eigenvalue weighted by Crippen LogP contribution is -2.52. The van der Waals surface area contributed by atoms with Crippen molar-refractivity contribution >= 4 is 33.3 Å². The number of hydrogen-bond donors (Lipinski definition) is 2. The average molecular weight is 303 g/mol. The molecule has 1 saturated carbocycles. The van der Waals surface area contributed by atoms with Gasteiger partial charge in [-0.1, -0.05) is 31.0 Å². The molecular weight excluding hydrogens is 286 g/mol. The van der Waals surface area contributed by atoms with Gasteiger partial charge in [-0.2, -0.15) is 0 Å². The Hall–Kier alpha value is -1.88. The minimum atomic E-state index is -1.08. The molecule has 0 radical (unpaired) electrons. The van der Waals surface area contributed by atoms with Crippen molar-refractivity contribution in [2.24, 2.45) is 0 Å². The van der Waals surface area contributed by atoms with Crippen LogP contribution in [-0.2, 0) is 4.79 Å². The molecule has 0 bridgehead atoms.